The third-order valence-electron chi connectivity index (χ3n) is 8.91. The molecule has 0 amide bonds. The van der Waals surface area contributed by atoms with Crippen LogP contribution in [0.2, 0.25) is 0 Å². The number of rotatable bonds is 5. The molecule has 46 heavy (non-hydrogen) atoms. The molecule has 0 saturated heterocycles. The lowest BCUT2D eigenvalue weighted by atomic mass is 9.78. The van der Waals surface area contributed by atoms with Gasteiger partial charge in [0.2, 0.25) is 0 Å². The van der Waals surface area contributed by atoms with E-state index in [1.807, 2.05) is 24.3 Å². The van der Waals surface area contributed by atoms with Crippen molar-refractivity contribution in [3.05, 3.63) is 170 Å². The fourth-order valence-electron chi connectivity index (χ4n) is 6.65. The van der Waals surface area contributed by atoms with Crippen LogP contribution in [-0.2, 0) is 0 Å². The van der Waals surface area contributed by atoms with Gasteiger partial charge in [0.1, 0.15) is 0 Å². The van der Waals surface area contributed by atoms with Gasteiger partial charge in [0.15, 0.2) is 0 Å². The number of nitrogen functional groups attached to an aromatic ring is 2. The van der Waals surface area contributed by atoms with E-state index in [-0.39, 0.29) is 0 Å². The summed E-state index contributed by atoms with van der Waals surface area (Å²) in [4.78, 5) is 0. The Balaban J connectivity index is 1.58. The van der Waals surface area contributed by atoms with E-state index in [2.05, 4.69) is 146 Å². The second-order valence-corrected chi connectivity index (χ2v) is 11.8. The van der Waals surface area contributed by atoms with Gasteiger partial charge in [0.05, 0.1) is 0 Å². The Hall–Kier alpha value is -6.12. The first-order chi connectivity index (χ1) is 22.6. The highest BCUT2D eigenvalue weighted by molar-refractivity contribution is 6.09. The van der Waals surface area contributed by atoms with Crippen molar-refractivity contribution in [1.82, 2.24) is 0 Å². The Bertz CT molecular complexity index is 2350. The van der Waals surface area contributed by atoms with E-state index in [4.69, 9.17) is 11.5 Å². The van der Waals surface area contributed by atoms with Crippen molar-refractivity contribution < 1.29 is 0 Å². The van der Waals surface area contributed by atoms with Crippen molar-refractivity contribution >= 4 is 32.9 Å². The van der Waals surface area contributed by atoms with E-state index in [0.29, 0.717) is 0 Å². The summed E-state index contributed by atoms with van der Waals surface area (Å²) in [7, 11) is 0. The van der Waals surface area contributed by atoms with Gasteiger partial charge in [-0.2, -0.15) is 0 Å². The van der Waals surface area contributed by atoms with Crippen LogP contribution in [0.1, 0.15) is 0 Å². The first-order valence-corrected chi connectivity index (χ1v) is 15.6. The van der Waals surface area contributed by atoms with Crippen LogP contribution in [0.15, 0.2) is 170 Å². The molecule has 0 radical (unpaired) electrons. The van der Waals surface area contributed by atoms with Crippen LogP contribution in [0.4, 0.5) is 11.4 Å². The summed E-state index contributed by atoms with van der Waals surface area (Å²) in [6, 6.07) is 60.4. The third kappa shape index (κ3) is 4.96. The second-order valence-electron chi connectivity index (χ2n) is 11.8. The van der Waals surface area contributed by atoms with Gasteiger partial charge in [-0.25, -0.2) is 0 Å². The highest BCUT2D eigenvalue weighted by Gasteiger charge is 2.24. The van der Waals surface area contributed by atoms with Gasteiger partial charge in [-0.3, -0.25) is 0 Å². The molecule has 0 bridgehead atoms. The maximum atomic E-state index is 6.24. The van der Waals surface area contributed by atoms with Crippen molar-refractivity contribution in [2.75, 3.05) is 11.5 Å². The summed E-state index contributed by atoms with van der Waals surface area (Å²) in [6.45, 7) is 0. The summed E-state index contributed by atoms with van der Waals surface area (Å²) < 4.78 is 0. The molecule has 0 aromatic heterocycles. The van der Waals surface area contributed by atoms with E-state index in [9.17, 15) is 0 Å². The van der Waals surface area contributed by atoms with Gasteiger partial charge >= 0.3 is 0 Å². The van der Waals surface area contributed by atoms with Crippen molar-refractivity contribution in [3.63, 3.8) is 0 Å². The maximum Gasteiger partial charge on any atom is 0.0314 e. The van der Waals surface area contributed by atoms with Gasteiger partial charge in [0, 0.05) is 11.4 Å². The van der Waals surface area contributed by atoms with Crippen LogP contribution in [0.25, 0.3) is 77.2 Å². The molecule has 0 fully saturated rings. The van der Waals surface area contributed by atoms with Crippen molar-refractivity contribution in [2.24, 2.45) is 0 Å². The third-order valence-corrected chi connectivity index (χ3v) is 8.91. The van der Waals surface area contributed by atoms with Gasteiger partial charge < -0.3 is 11.5 Å². The minimum absolute atomic E-state index is 0.741. The number of benzene rings is 8. The zero-order valence-corrected chi connectivity index (χ0v) is 25.3. The minimum atomic E-state index is 0.741. The summed E-state index contributed by atoms with van der Waals surface area (Å²) in [6.07, 6.45) is 0. The fourth-order valence-corrected chi connectivity index (χ4v) is 6.65. The predicted molar refractivity (Wildman–Crippen MR) is 197 cm³/mol. The smallest absolute Gasteiger partial charge is 0.0314 e. The van der Waals surface area contributed by atoms with Gasteiger partial charge in [-0.15, -0.1) is 0 Å². The van der Waals surface area contributed by atoms with Gasteiger partial charge in [0.25, 0.3) is 0 Å². The first-order valence-electron chi connectivity index (χ1n) is 15.6. The van der Waals surface area contributed by atoms with Crippen molar-refractivity contribution in [3.8, 4) is 55.6 Å². The van der Waals surface area contributed by atoms with Crippen LogP contribution in [0.5, 0.6) is 0 Å². The van der Waals surface area contributed by atoms with Crippen LogP contribution in [-0.4, -0.2) is 0 Å². The van der Waals surface area contributed by atoms with Crippen molar-refractivity contribution in [1.29, 1.82) is 0 Å². The molecule has 0 saturated carbocycles. The molecular formula is C44H32N2. The molecule has 2 heteroatoms. The van der Waals surface area contributed by atoms with Crippen LogP contribution >= 0.6 is 0 Å². The van der Waals surface area contributed by atoms with Gasteiger partial charge in [-0.05, 0) is 120 Å². The topological polar surface area (TPSA) is 52.0 Å². The monoisotopic (exact) mass is 588 g/mol. The zero-order chi connectivity index (χ0) is 31.0. The molecular weight excluding hydrogens is 556 g/mol. The number of hydrogen-bond acceptors (Lipinski definition) is 2. The SMILES string of the molecule is Nc1ccc(-c2cc(-c3ccccc3)c(-c3ccc(N)cc3)c(-c3ccc4ccccc4c3)c2-c2ccc3ccccc3c2)cc1. The predicted octanol–water partition coefficient (Wildman–Crippen LogP) is 11.5. The number of fused-ring (bicyclic) bond motifs is 2. The van der Waals surface area contributed by atoms with E-state index >= 15 is 0 Å². The average molecular weight is 589 g/mol. The highest BCUT2D eigenvalue weighted by Crippen LogP contribution is 2.51. The van der Waals surface area contributed by atoms with Gasteiger partial charge in [-0.1, -0.05) is 127 Å². The Morgan fingerprint density at radius 2 is 0.652 bits per heavy atom. The van der Waals surface area contributed by atoms with E-state index in [1.165, 1.54) is 38.2 Å². The molecule has 0 aliphatic rings. The maximum absolute atomic E-state index is 6.24. The molecule has 0 aliphatic heterocycles. The summed E-state index contributed by atoms with van der Waals surface area (Å²) in [5.74, 6) is 0. The molecule has 0 heterocycles. The van der Waals surface area contributed by atoms with E-state index in [0.717, 1.165) is 50.3 Å². The number of nitrogens with two attached hydrogens (primary N) is 2. The zero-order valence-electron chi connectivity index (χ0n) is 25.3. The first kappa shape index (κ1) is 27.4. The molecule has 0 unspecified atom stereocenters. The van der Waals surface area contributed by atoms with Crippen LogP contribution < -0.4 is 11.5 Å². The van der Waals surface area contributed by atoms with E-state index < -0.39 is 0 Å². The molecule has 2 nitrogen and oxygen atoms in total. The minimum Gasteiger partial charge on any atom is -0.399 e. The molecule has 0 atom stereocenters. The lowest BCUT2D eigenvalue weighted by Gasteiger charge is -2.25. The van der Waals surface area contributed by atoms with Crippen LogP contribution in [0.3, 0.4) is 0 Å². The average Bonchev–Trinajstić information content (AvgIpc) is 3.11. The lowest BCUT2D eigenvalue weighted by Crippen LogP contribution is -1.99. The summed E-state index contributed by atoms with van der Waals surface area (Å²) >= 11 is 0. The molecule has 8 aromatic carbocycles. The molecule has 8 rings (SSSR count). The number of hydrogen-bond donors (Lipinski definition) is 2. The highest BCUT2D eigenvalue weighted by atomic mass is 14.5. The standard InChI is InChI=1S/C44H32N2/c45-38-22-18-32(19-23-38)41-28-40(31-10-2-1-3-11-31)42(33-20-24-39(46)25-21-33)44(37-17-15-30-9-5-7-13-35(30)27-37)43(41)36-16-14-29-8-4-6-12-34(29)26-36/h1-28H,45-46H2. The molecule has 0 aliphatic carbocycles. The lowest BCUT2D eigenvalue weighted by molar-refractivity contribution is 1.53. The quantitative estimate of drug-likeness (QED) is 0.197. The molecule has 4 N–H and O–H groups in total. The fraction of sp³-hybridized carbons (Fsp3) is 0. The normalized spacial score (nSPS) is 11.2. The Morgan fingerprint density at radius 1 is 0.261 bits per heavy atom. The van der Waals surface area contributed by atoms with E-state index in [1.54, 1.807) is 0 Å². The van der Waals surface area contributed by atoms with Crippen molar-refractivity contribution in [2.45, 2.75) is 0 Å². The molecule has 8 aromatic rings. The molecule has 0 spiro atoms. The number of anilines is 2. The summed E-state index contributed by atoms with van der Waals surface area (Å²) in [5, 5.41) is 4.83. The Labute approximate surface area is 269 Å². The second kappa shape index (κ2) is 11.4. The Morgan fingerprint density at radius 3 is 1.20 bits per heavy atom. The largest absolute Gasteiger partial charge is 0.399 e. The Kier molecular flexibility index (Phi) is 6.81. The van der Waals surface area contributed by atoms with Crippen LogP contribution in [0, 0.1) is 0 Å². The molecule has 218 valence electrons. The summed E-state index contributed by atoms with van der Waals surface area (Å²) in [5.41, 5.74) is 25.5.